The van der Waals surface area contributed by atoms with Crippen molar-refractivity contribution in [2.24, 2.45) is 7.05 Å². The van der Waals surface area contributed by atoms with E-state index in [2.05, 4.69) is 15.6 Å². The number of benzene rings is 1. The Labute approximate surface area is 89.4 Å². The number of aliphatic hydroxyl groups is 1. The number of imidazole rings is 1. The quantitative estimate of drug-likeness (QED) is 0.812. The molecule has 15 heavy (non-hydrogen) atoms. The van der Waals surface area contributed by atoms with Crippen molar-refractivity contribution < 1.29 is 5.11 Å². The molecule has 0 amide bonds. The van der Waals surface area contributed by atoms with Crippen LogP contribution in [-0.2, 0) is 7.05 Å². The van der Waals surface area contributed by atoms with Gasteiger partial charge >= 0.3 is 0 Å². The highest BCUT2D eigenvalue weighted by Gasteiger charge is 2.12. The highest BCUT2D eigenvalue weighted by molar-refractivity contribution is 5.80. The van der Waals surface area contributed by atoms with E-state index in [-0.39, 0.29) is 12.5 Å². The number of para-hydroxylation sites is 1. The Hall–Kier alpha value is -1.35. The Bertz CT molecular complexity index is 488. The van der Waals surface area contributed by atoms with E-state index in [4.69, 9.17) is 0 Å². The van der Waals surface area contributed by atoms with Crippen molar-refractivity contribution in [1.82, 2.24) is 9.55 Å². The molecule has 80 valence electrons. The molecule has 1 unspecified atom stereocenters. The minimum atomic E-state index is 0.142. The van der Waals surface area contributed by atoms with Crippen LogP contribution in [0.3, 0.4) is 0 Å². The van der Waals surface area contributed by atoms with Crippen LogP contribution in [0.25, 0.3) is 11.0 Å². The first kappa shape index (κ1) is 10.2. The summed E-state index contributed by atoms with van der Waals surface area (Å²) in [6, 6.07) is 6.11. The van der Waals surface area contributed by atoms with Gasteiger partial charge in [-0.2, -0.15) is 0 Å². The van der Waals surface area contributed by atoms with E-state index in [1.165, 1.54) is 0 Å². The average Bonchev–Trinajstić information content (AvgIpc) is 2.54. The third kappa shape index (κ3) is 1.53. The largest absolute Gasteiger partial charge is 0.396 e. The Kier molecular flexibility index (Phi) is 2.49. The van der Waals surface area contributed by atoms with Crippen LogP contribution >= 0.6 is 0 Å². The molecule has 1 aromatic heterocycles. The lowest BCUT2D eigenvalue weighted by Gasteiger charge is -2.08. The van der Waals surface area contributed by atoms with E-state index in [0.717, 1.165) is 22.4 Å². The highest BCUT2D eigenvalue weighted by atomic mass is 16.3. The Morgan fingerprint density at radius 3 is 2.87 bits per heavy atom. The van der Waals surface area contributed by atoms with Crippen LogP contribution in [0.1, 0.15) is 24.2 Å². The van der Waals surface area contributed by atoms with E-state index >= 15 is 0 Å². The van der Waals surface area contributed by atoms with Crippen LogP contribution < -0.4 is 0 Å². The lowest BCUT2D eigenvalue weighted by atomic mass is 10.0. The Balaban J connectivity index is 2.71. The van der Waals surface area contributed by atoms with Gasteiger partial charge in [0.1, 0.15) is 5.82 Å². The molecule has 3 heteroatoms. The molecule has 1 aromatic carbocycles. The molecule has 0 saturated carbocycles. The summed E-state index contributed by atoms with van der Waals surface area (Å²) < 4.78 is 2.07. The molecular formula is C12H16N2O. The van der Waals surface area contributed by atoms with Crippen LogP contribution in [0.2, 0.25) is 0 Å². The van der Waals surface area contributed by atoms with E-state index in [1.54, 1.807) is 0 Å². The molecule has 0 aliphatic carbocycles. The Morgan fingerprint density at radius 1 is 1.47 bits per heavy atom. The van der Waals surface area contributed by atoms with E-state index in [0.29, 0.717) is 0 Å². The van der Waals surface area contributed by atoms with E-state index < -0.39 is 0 Å². The van der Waals surface area contributed by atoms with Crippen molar-refractivity contribution in [2.45, 2.75) is 19.8 Å². The molecule has 1 N–H and O–H groups in total. The average molecular weight is 204 g/mol. The van der Waals surface area contributed by atoms with Crippen molar-refractivity contribution in [2.75, 3.05) is 6.61 Å². The normalized spacial score (nSPS) is 13.3. The van der Waals surface area contributed by atoms with Gasteiger partial charge in [0.25, 0.3) is 0 Å². The van der Waals surface area contributed by atoms with Gasteiger partial charge in [-0.05, 0) is 18.6 Å². The fraction of sp³-hybridized carbons (Fsp3) is 0.417. The van der Waals surface area contributed by atoms with E-state index in [9.17, 15) is 5.11 Å². The van der Waals surface area contributed by atoms with Crippen LogP contribution in [0.5, 0.6) is 0 Å². The van der Waals surface area contributed by atoms with Gasteiger partial charge in [-0.1, -0.05) is 19.1 Å². The van der Waals surface area contributed by atoms with Gasteiger partial charge in [0, 0.05) is 19.6 Å². The molecule has 0 radical (unpaired) electrons. The van der Waals surface area contributed by atoms with Gasteiger partial charge in [0.15, 0.2) is 0 Å². The standard InChI is InChI=1S/C12H16N2O/c1-8(7-15)10-5-4-6-11-12(10)13-9(2)14(11)3/h4-6,8,15H,7H2,1-3H3. The second-order valence-corrected chi connectivity index (χ2v) is 4.02. The molecule has 2 rings (SSSR count). The van der Waals surface area contributed by atoms with Crippen LogP contribution in [0.4, 0.5) is 0 Å². The first-order valence-corrected chi connectivity index (χ1v) is 5.18. The maximum absolute atomic E-state index is 9.19. The summed E-state index contributed by atoms with van der Waals surface area (Å²) in [6.45, 7) is 4.17. The molecular weight excluding hydrogens is 188 g/mol. The Morgan fingerprint density at radius 2 is 2.20 bits per heavy atom. The van der Waals surface area contributed by atoms with Crippen molar-refractivity contribution >= 4 is 11.0 Å². The summed E-state index contributed by atoms with van der Waals surface area (Å²) in [5, 5.41) is 9.19. The maximum Gasteiger partial charge on any atom is 0.106 e. The lowest BCUT2D eigenvalue weighted by molar-refractivity contribution is 0.273. The topological polar surface area (TPSA) is 38.1 Å². The smallest absolute Gasteiger partial charge is 0.106 e. The first-order valence-electron chi connectivity index (χ1n) is 5.18. The monoisotopic (exact) mass is 204 g/mol. The van der Waals surface area contributed by atoms with Gasteiger partial charge in [-0.15, -0.1) is 0 Å². The predicted molar refractivity (Wildman–Crippen MR) is 61.0 cm³/mol. The van der Waals surface area contributed by atoms with Gasteiger partial charge in [-0.25, -0.2) is 4.98 Å². The van der Waals surface area contributed by atoms with Crippen LogP contribution in [-0.4, -0.2) is 21.3 Å². The zero-order chi connectivity index (χ0) is 11.0. The third-order valence-electron chi connectivity index (χ3n) is 2.97. The lowest BCUT2D eigenvalue weighted by Crippen LogP contribution is -1.99. The molecule has 3 nitrogen and oxygen atoms in total. The molecule has 0 fully saturated rings. The number of aliphatic hydroxyl groups excluding tert-OH is 1. The van der Waals surface area contributed by atoms with Crippen LogP contribution in [0.15, 0.2) is 18.2 Å². The van der Waals surface area contributed by atoms with Crippen molar-refractivity contribution in [3.63, 3.8) is 0 Å². The molecule has 1 heterocycles. The zero-order valence-corrected chi connectivity index (χ0v) is 9.36. The van der Waals surface area contributed by atoms with Gasteiger partial charge in [-0.3, -0.25) is 0 Å². The van der Waals surface area contributed by atoms with Gasteiger partial charge in [0.05, 0.1) is 11.0 Å². The van der Waals surface area contributed by atoms with Crippen LogP contribution in [0, 0.1) is 6.92 Å². The number of aromatic nitrogens is 2. The molecule has 0 aliphatic rings. The fourth-order valence-electron chi connectivity index (χ4n) is 1.85. The summed E-state index contributed by atoms with van der Waals surface area (Å²) in [5.41, 5.74) is 3.27. The summed E-state index contributed by atoms with van der Waals surface area (Å²) in [5.74, 6) is 1.14. The van der Waals surface area contributed by atoms with Crippen molar-refractivity contribution in [1.29, 1.82) is 0 Å². The summed E-state index contributed by atoms with van der Waals surface area (Å²) in [4.78, 5) is 4.53. The minimum absolute atomic E-state index is 0.142. The van der Waals surface area contributed by atoms with Gasteiger partial charge < -0.3 is 9.67 Å². The number of hydrogen-bond donors (Lipinski definition) is 1. The molecule has 1 atom stereocenters. The second kappa shape index (κ2) is 3.66. The first-order chi connectivity index (χ1) is 7.15. The SMILES string of the molecule is Cc1nc2c(C(C)CO)cccc2n1C. The third-order valence-corrected chi connectivity index (χ3v) is 2.97. The minimum Gasteiger partial charge on any atom is -0.396 e. The summed E-state index contributed by atoms with van der Waals surface area (Å²) in [6.07, 6.45) is 0. The number of nitrogens with zero attached hydrogens (tertiary/aromatic N) is 2. The molecule has 0 saturated heterocycles. The van der Waals surface area contributed by atoms with Crippen molar-refractivity contribution in [3.05, 3.63) is 29.6 Å². The number of fused-ring (bicyclic) bond motifs is 1. The summed E-state index contributed by atoms with van der Waals surface area (Å²) >= 11 is 0. The second-order valence-electron chi connectivity index (χ2n) is 4.02. The predicted octanol–water partition coefficient (Wildman–Crippen LogP) is 1.98. The van der Waals surface area contributed by atoms with Gasteiger partial charge in [0.2, 0.25) is 0 Å². The zero-order valence-electron chi connectivity index (χ0n) is 9.36. The summed E-state index contributed by atoms with van der Waals surface area (Å²) in [7, 11) is 2.01. The highest BCUT2D eigenvalue weighted by Crippen LogP contribution is 2.24. The fourth-order valence-corrected chi connectivity index (χ4v) is 1.85. The molecule has 0 aliphatic heterocycles. The number of rotatable bonds is 2. The maximum atomic E-state index is 9.19. The molecule has 2 aromatic rings. The van der Waals surface area contributed by atoms with Crippen molar-refractivity contribution in [3.8, 4) is 0 Å². The molecule has 0 bridgehead atoms. The number of aryl methyl sites for hydroxylation is 2. The van der Waals surface area contributed by atoms with E-state index in [1.807, 2.05) is 33.0 Å². The number of hydrogen-bond acceptors (Lipinski definition) is 2. The molecule has 0 spiro atoms.